The van der Waals surface area contributed by atoms with Crippen LogP contribution < -0.4 is 5.32 Å². The van der Waals surface area contributed by atoms with Crippen LogP contribution >= 0.6 is 0 Å². The van der Waals surface area contributed by atoms with Crippen molar-refractivity contribution >= 4 is 15.9 Å². The summed E-state index contributed by atoms with van der Waals surface area (Å²) in [5, 5.41) is 12.6. The quantitative estimate of drug-likeness (QED) is 0.392. The predicted molar refractivity (Wildman–Crippen MR) is 129 cm³/mol. The molecule has 4 rings (SSSR count). The molecule has 2 aromatic heterocycles. The minimum absolute atomic E-state index is 0. The fourth-order valence-corrected chi connectivity index (χ4v) is 5.83. The maximum Gasteiger partial charge on any atom is 0.451 e. The number of carbonyl (C=O) groups excluding carboxylic acids is 1. The van der Waals surface area contributed by atoms with E-state index in [-0.39, 0.29) is 40.1 Å². The second-order valence-corrected chi connectivity index (χ2v) is 10.3. The molecule has 41 heavy (non-hydrogen) atoms. The van der Waals surface area contributed by atoms with Crippen LogP contribution in [0.25, 0.3) is 11.1 Å². The van der Waals surface area contributed by atoms with Crippen molar-refractivity contribution in [3.8, 4) is 16.9 Å². The third-order valence-corrected chi connectivity index (χ3v) is 7.98. The zero-order chi connectivity index (χ0) is 29.8. The highest BCUT2D eigenvalue weighted by Crippen LogP contribution is 2.34. The van der Waals surface area contributed by atoms with Crippen LogP contribution in [0.3, 0.4) is 0 Å². The Hall–Kier alpha value is -3.93. The first-order valence-electron chi connectivity index (χ1n) is 11.2. The van der Waals surface area contributed by atoms with Crippen LogP contribution in [0, 0.1) is 5.82 Å². The molecule has 0 saturated carbocycles. The Morgan fingerprint density at radius 2 is 1.71 bits per heavy atom. The number of halogens is 8. The first-order valence-corrected chi connectivity index (χ1v) is 12.7. The van der Waals surface area contributed by atoms with E-state index in [1.54, 1.807) is 0 Å². The number of amides is 1. The van der Waals surface area contributed by atoms with Crippen LogP contribution in [0.4, 0.5) is 35.8 Å². The van der Waals surface area contributed by atoms with Gasteiger partial charge < -0.3 is 10.4 Å². The maximum atomic E-state index is 14.6. The van der Waals surface area contributed by atoms with Crippen molar-refractivity contribution in [3.05, 3.63) is 66.3 Å². The summed E-state index contributed by atoms with van der Waals surface area (Å²) >= 11 is 0. The number of benzene rings is 1. The lowest BCUT2D eigenvalue weighted by Crippen LogP contribution is -2.48. The average Bonchev–Trinajstić information content (AvgIpc) is 3.23. The summed E-state index contributed by atoms with van der Waals surface area (Å²) in [4.78, 5) is 23.1. The monoisotopic (exact) mass is 617 g/mol. The van der Waals surface area contributed by atoms with Gasteiger partial charge in [0.05, 0.1) is 29.4 Å². The van der Waals surface area contributed by atoms with Gasteiger partial charge in [0.2, 0.25) is 21.8 Å². The lowest BCUT2D eigenvalue weighted by Gasteiger charge is -2.26. The molecule has 2 N–H and O–H groups in total. The molecule has 3 heterocycles. The fourth-order valence-electron chi connectivity index (χ4n) is 4.02. The summed E-state index contributed by atoms with van der Waals surface area (Å²) in [7, 11) is -4.35. The van der Waals surface area contributed by atoms with Gasteiger partial charge in [0.15, 0.2) is 0 Å². The normalized spacial score (nSPS) is 19.1. The molecule has 0 unspecified atom stereocenters. The molecule has 226 valence electrons. The largest absolute Gasteiger partial charge is 0.506 e. The Labute approximate surface area is 228 Å². The maximum absolute atomic E-state index is 14.6. The molecule has 1 fully saturated rings. The molecule has 3 atom stereocenters. The number of nitrogens with one attached hydrogen (secondary N) is 1. The topological polar surface area (TPSA) is 125 Å². The molecular weight excluding hydrogens is 594 g/mol. The van der Waals surface area contributed by atoms with E-state index in [9.17, 15) is 40.3 Å². The average molecular weight is 618 g/mol. The molecule has 1 amide bonds. The van der Waals surface area contributed by atoms with Gasteiger partial charge in [0.25, 0.3) is 0 Å². The Kier molecular flexibility index (Phi) is 10.7. The minimum atomic E-state index is -4.75. The highest BCUT2D eigenvalue weighted by atomic mass is 32.2. The number of alkyl halides is 4. The molecule has 0 radical (unpaired) electrons. The molecule has 0 bridgehead atoms. The number of aromatic hydroxyl groups is 1. The molecule has 18 heteroatoms. The van der Waals surface area contributed by atoms with Crippen LogP contribution in [-0.4, -0.2) is 56.9 Å². The summed E-state index contributed by atoms with van der Waals surface area (Å²) in [6.45, 7) is 1.04. The summed E-state index contributed by atoms with van der Waals surface area (Å²) in [6.07, 6.45) is -4.05. The Bertz CT molecular complexity index is 1450. The number of rotatable bonds is 6. The van der Waals surface area contributed by atoms with Gasteiger partial charge in [-0.25, -0.2) is 27.2 Å². The molecule has 3 aromatic rings. The number of sulfonamides is 1. The van der Waals surface area contributed by atoms with E-state index in [4.69, 9.17) is 9.15 Å². The number of pyridine rings is 1. The molecule has 1 aliphatic heterocycles. The Morgan fingerprint density at radius 1 is 1.12 bits per heavy atom. The molecule has 9 nitrogen and oxygen atoms in total. The van der Waals surface area contributed by atoms with E-state index >= 15 is 0 Å². The Balaban J connectivity index is 0.00000216. The number of carbonyl (C=O) groups is 1. The number of nitrogens with zero attached hydrogens (tertiary/aromatic N) is 4. The van der Waals surface area contributed by atoms with E-state index in [1.807, 2.05) is 0 Å². The molecule has 1 aliphatic rings. The van der Waals surface area contributed by atoms with Crippen LogP contribution in [0.5, 0.6) is 5.75 Å². The summed E-state index contributed by atoms with van der Waals surface area (Å²) < 4.78 is 109. The third-order valence-electron chi connectivity index (χ3n) is 5.97. The summed E-state index contributed by atoms with van der Waals surface area (Å²) in [6, 6.07) is 2.62. The molecule has 1 saturated heterocycles. The van der Waals surface area contributed by atoms with Crippen LogP contribution in [-0.2, 0) is 27.5 Å². The lowest BCUT2D eigenvalue weighted by atomic mass is 10.1. The first kappa shape index (κ1) is 33.3. The standard InChI is InChI=1S/C23H20F5N5O4S.F2.FH.H2/c1-12-18(25)7-19(33(12)38(36,37)16-4-2-14(24)3-5-16)21(35)30-10-15-6-17(20(34)11-29-15)13-8-31-22(32-9-13)23(26,27)28;1-2;;/h2-6,8-9,11-12,18-19,34H,7,10H2,1H3,(H,30,35);;2*1H/t12-,18+,19-;;;/m0.../s1. The predicted octanol–water partition coefficient (Wildman–Crippen LogP) is 4.45. The van der Waals surface area contributed by atoms with E-state index in [2.05, 4.69) is 20.3 Å². The van der Waals surface area contributed by atoms with E-state index in [0.717, 1.165) is 47.2 Å². The molecular formula is C23H23F8N5O4S. The minimum Gasteiger partial charge on any atom is -0.506 e. The molecule has 0 aliphatic carbocycles. The van der Waals surface area contributed by atoms with Gasteiger partial charge in [0.1, 0.15) is 23.8 Å². The van der Waals surface area contributed by atoms with E-state index < -0.39 is 58.4 Å². The van der Waals surface area contributed by atoms with Crippen molar-refractivity contribution in [2.45, 2.75) is 49.2 Å². The van der Waals surface area contributed by atoms with Crippen LogP contribution in [0.1, 0.15) is 26.3 Å². The third kappa shape index (κ3) is 7.24. The van der Waals surface area contributed by atoms with Crippen LogP contribution in [0.15, 0.2) is 53.8 Å². The smallest absolute Gasteiger partial charge is 0.451 e. The number of aromatic nitrogens is 3. The van der Waals surface area contributed by atoms with Gasteiger partial charge >= 0.3 is 6.18 Å². The van der Waals surface area contributed by atoms with Crippen LogP contribution in [0.2, 0.25) is 0 Å². The number of hydrogen-bond donors (Lipinski definition) is 2. The fraction of sp³-hybridized carbons (Fsp3) is 0.304. The zero-order valence-corrected chi connectivity index (χ0v) is 21.5. The van der Waals surface area contributed by atoms with Crippen molar-refractivity contribution in [1.29, 1.82) is 0 Å². The van der Waals surface area contributed by atoms with Gasteiger partial charge in [-0.15, -0.1) is 0 Å². The first-order chi connectivity index (χ1) is 18.8. The van der Waals surface area contributed by atoms with Gasteiger partial charge in [-0.2, -0.15) is 17.5 Å². The lowest BCUT2D eigenvalue weighted by molar-refractivity contribution is -0.145. The van der Waals surface area contributed by atoms with Gasteiger partial charge in [-0.05, 0) is 37.3 Å². The van der Waals surface area contributed by atoms with Crippen molar-refractivity contribution < 1.29 is 55.6 Å². The highest BCUT2D eigenvalue weighted by molar-refractivity contribution is 7.89. The van der Waals surface area contributed by atoms with Gasteiger partial charge in [-0.1, -0.05) is 0 Å². The number of hydrogen-bond acceptors (Lipinski definition) is 7. The second kappa shape index (κ2) is 13.2. The summed E-state index contributed by atoms with van der Waals surface area (Å²) in [5.74, 6) is -3.24. The van der Waals surface area contributed by atoms with Crippen molar-refractivity contribution in [1.82, 2.24) is 24.6 Å². The van der Waals surface area contributed by atoms with E-state index in [1.165, 1.54) is 13.0 Å². The zero-order valence-electron chi connectivity index (χ0n) is 20.7. The van der Waals surface area contributed by atoms with Gasteiger partial charge in [-0.3, -0.25) is 14.5 Å². The summed E-state index contributed by atoms with van der Waals surface area (Å²) in [5.41, 5.74) is 0.241. The highest BCUT2D eigenvalue weighted by Gasteiger charge is 2.49. The van der Waals surface area contributed by atoms with Crippen molar-refractivity contribution in [3.63, 3.8) is 0 Å². The van der Waals surface area contributed by atoms with Crippen molar-refractivity contribution in [2.75, 3.05) is 0 Å². The van der Waals surface area contributed by atoms with E-state index in [0.29, 0.717) is 0 Å². The Morgan fingerprint density at radius 3 is 2.27 bits per heavy atom. The molecule has 0 spiro atoms. The SMILES string of the molecule is C[C@H]1[C@H](F)C[C@@H](C(=O)NCc2cc(-c3cnc(C(F)(F)F)nc3)c(O)cn2)N1S(=O)(=O)c1ccc(F)cc1.F.FF.[HH]. The second-order valence-electron chi connectivity index (χ2n) is 8.50. The van der Waals surface area contributed by atoms with Crippen molar-refractivity contribution in [2.24, 2.45) is 0 Å². The van der Waals surface area contributed by atoms with Gasteiger partial charge in [0, 0.05) is 40.5 Å². The molecule has 1 aromatic carbocycles.